The molecule has 1 unspecified atom stereocenters. The predicted molar refractivity (Wildman–Crippen MR) is 137 cm³/mol. The number of pyridine rings is 1. The number of rotatable bonds is 7. The topological polar surface area (TPSA) is 38.7 Å². The van der Waals surface area contributed by atoms with Gasteiger partial charge in [0.2, 0.25) is 0 Å². The minimum absolute atomic E-state index is 0.157. The number of nitrogens with zero attached hydrogens (tertiary/aromatic N) is 3. The molecule has 3 heteroatoms. The van der Waals surface area contributed by atoms with Gasteiger partial charge in [0.05, 0.1) is 11.0 Å². The molecule has 0 fully saturated rings. The monoisotopic (exact) mass is 433 g/mol. The smallest absolute Gasteiger partial charge is 0.178 e. The Morgan fingerprint density at radius 2 is 1.48 bits per heavy atom. The zero-order valence-electron chi connectivity index (χ0n) is 19.7. The third kappa shape index (κ3) is 5.25. The standard InChI is InChI=1S/C30H31N3/c1-4-14-27-24(5-2)26(6-3)32-30(33-27)29-20-13-19-28(31-29)25(23-17-11-8-12-18-23)21-22-15-9-7-10-16-22/h5-13,15-20,25H,4,14,21H2,1-3H3/b24-5+,26-6+. The molecule has 166 valence electrons. The molecule has 4 aromatic rings. The van der Waals surface area contributed by atoms with Gasteiger partial charge in [-0.15, -0.1) is 0 Å². The highest BCUT2D eigenvalue weighted by Crippen LogP contribution is 2.28. The third-order valence-corrected chi connectivity index (χ3v) is 5.94. The third-order valence-electron chi connectivity index (χ3n) is 5.94. The summed E-state index contributed by atoms with van der Waals surface area (Å²) in [6.45, 7) is 6.27. The van der Waals surface area contributed by atoms with Crippen LogP contribution in [0.25, 0.3) is 23.7 Å². The van der Waals surface area contributed by atoms with Crippen LogP contribution in [0.5, 0.6) is 0 Å². The molecule has 4 rings (SSSR count). The lowest BCUT2D eigenvalue weighted by molar-refractivity contribution is 0.773. The Hall–Kier alpha value is -3.59. The van der Waals surface area contributed by atoms with E-state index in [9.17, 15) is 0 Å². The largest absolute Gasteiger partial charge is 0.249 e. The maximum Gasteiger partial charge on any atom is 0.178 e. The second-order valence-electron chi connectivity index (χ2n) is 8.22. The first-order chi connectivity index (χ1) is 16.2. The zero-order valence-corrected chi connectivity index (χ0v) is 19.7. The normalized spacial score (nSPS) is 13.3. The summed E-state index contributed by atoms with van der Waals surface area (Å²) < 4.78 is 0. The van der Waals surface area contributed by atoms with Crippen molar-refractivity contribution in [3.05, 3.63) is 112 Å². The second kappa shape index (κ2) is 10.8. The molecule has 0 aliphatic carbocycles. The van der Waals surface area contributed by atoms with Crippen LogP contribution in [0.2, 0.25) is 0 Å². The van der Waals surface area contributed by atoms with Crippen molar-refractivity contribution in [3.63, 3.8) is 0 Å². The van der Waals surface area contributed by atoms with E-state index in [1.165, 1.54) is 11.1 Å². The first kappa shape index (κ1) is 22.6. The first-order valence-corrected chi connectivity index (χ1v) is 11.8. The van der Waals surface area contributed by atoms with Gasteiger partial charge >= 0.3 is 0 Å². The van der Waals surface area contributed by atoms with Crippen molar-refractivity contribution in [2.45, 2.75) is 46.0 Å². The van der Waals surface area contributed by atoms with Gasteiger partial charge in [-0.1, -0.05) is 92.2 Å². The fraction of sp³-hybridized carbons (Fsp3) is 0.233. The summed E-state index contributed by atoms with van der Waals surface area (Å²) in [5.74, 6) is 0.856. The maximum atomic E-state index is 5.10. The van der Waals surface area contributed by atoms with Crippen molar-refractivity contribution in [3.8, 4) is 11.5 Å². The van der Waals surface area contributed by atoms with Crippen LogP contribution in [0, 0.1) is 0 Å². The molecule has 0 amide bonds. The molecule has 0 bridgehead atoms. The number of aromatic nitrogens is 3. The molecular weight excluding hydrogens is 402 g/mol. The van der Waals surface area contributed by atoms with Crippen LogP contribution in [0.3, 0.4) is 0 Å². The Morgan fingerprint density at radius 1 is 0.758 bits per heavy atom. The van der Waals surface area contributed by atoms with Gasteiger partial charge in [0.1, 0.15) is 5.69 Å². The summed E-state index contributed by atoms with van der Waals surface area (Å²) in [7, 11) is 0. The van der Waals surface area contributed by atoms with Gasteiger partial charge in [-0.25, -0.2) is 15.0 Å². The van der Waals surface area contributed by atoms with E-state index in [2.05, 4.69) is 98.8 Å². The molecule has 33 heavy (non-hydrogen) atoms. The van der Waals surface area contributed by atoms with Crippen molar-refractivity contribution in [1.82, 2.24) is 15.0 Å². The molecular formula is C30H31N3. The van der Waals surface area contributed by atoms with Crippen LogP contribution in [-0.4, -0.2) is 15.0 Å². The molecule has 0 saturated heterocycles. The minimum atomic E-state index is 0.157. The lowest BCUT2D eigenvalue weighted by Gasteiger charge is -2.18. The van der Waals surface area contributed by atoms with Crippen molar-refractivity contribution in [2.24, 2.45) is 0 Å². The van der Waals surface area contributed by atoms with Gasteiger partial charge in [0.25, 0.3) is 0 Å². The molecule has 2 aromatic heterocycles. The lowest BCUT2D eigenvalue weighted by Crippen LogP contribution is -2.33. The van der Waals surface area contributed by atoms with Crippen LogP contribution >= 0.6 is 0 Å². The molecule has 0 N–H and O–H groups in total. The van der Waals surface area contributed by atoms with Gasteiger partial charge in [-0.2, -0.15) is 0 Å². The van der Waals surface area contributed by atoms with E-state index in [1.54, 1.807) is 0 Å². The van der Waals surface area contributed by atoms with Crippen molar-refractivity contribution >= 4 is 12.2 Å². The number of hydrogen-bond acceptors (Lipinski definition) is 3. The van der Waals surface area contributed by atoms with E-state index >= 15 is 0 Å². The van der Waals surface area contributed by atoms with Crippen LogP contribution in [0.4, 0.5) is 0 Å². The molecule has 1 atom stereocenters. The number of aryl methyl sites for hydroxylation is 1. The number of hydrogen-bond donors (Lipinski definition) is 0. The summed E-state index contributed by atoms with van der Waals surface area (Å²) in [6.07, 6.45) is 7.03. The lowest BCUT2D eigenvalue weighted by atomic mass is 9.89. The van der Waals surface area contributed by atoms with Gasteiger partial charge in [0.15, 0.2) is 5.82 Å². The van der Waals surface area contributed by atoms with E-state index in [0.717, 1.165) is 46.9 Å². The average Bonchev–Trinajstić information content (AvgIpc) is 2.88. The molecule has 3 nitrogen and oxygen atoms in total. The Kier molecular flexibility index (Phi) is 7.41. The van der Waals surface area contributed by atoms with Crippen LogP contribution in [-0.2, 0) is 12.8 Å². The SMILES string of the molecule is C/C=c1/c(CCC)nc(-c2cccc(C(Cc3ccccc3)c3ccccc3)n2)n/c1=C/C. The second-order valence-corrected chi connectivity index (χ2v) is 8.22. The van der Waals surface area contributed by atoms with Gasteiger partial charge < -0.3 is 0 Å². The molecule has 0 aliphatic rings. The molecule has 0 aliphatic heterocycles. The maximum absolute atomic E-state index is 5.10. The first-order valence-electron chi connectivity index (χ1n) is 11.8. The van der Waals surface area contributed by atoms with E-state index in [4.69, 9.17) is 15.0 Å². The zero-order chi connectivity index (χ0) is 23.0. The van der Waals surface area contributed by atoms with Gasteiger partial charge in [-0.3, -0.25) is 0 Å². The van der Waals surface area contributed by atoms with Crippen LogP contribution in [0.15, 0.2) is 78.9 Å². The van der Waals surface area contributed by atoms with E-state index in [0.29, 0.717) is 5.82 Å². The van der Waals surface area contributed by atoms with E-state index in [-0.39, 0.29) is 5.92 Å². The summed E-state index contributed by atoms with van der Waals surface area (Å²) in [4.78, 5) is 14.9. The highest BCUT2D eigenvalue weighted by atomic mass is 14.9. The molecule has 0 saturated carbocycles. The van der Waals surface area contributed by atoms with Gasteiger partial charge in [-0.05, 0) is 49.9 Å². The molecule has 0 spiro atoms. The van der Waals surface area contributed by atoms with E-state index < -0.39 is 0 Å². The summed E-state index contributed by atoms with van der Waals surface area (Å²) in [5.41, 5.74) is 5.51. The molecule has 2 aromatic carbocycles. The summed E-state index contributed by atoms with van der Waals surface area (Å²) >= 11 is 0. The summed E-state index contributed by atoms with van der Waals surface area (Å²) in [6, 6.07) is 27.5. The fourth-order valence-electron chi connectivity index (χ4n) is 4.31. The molecule has 0 radical (unpaired) electrons. The highest BCUT2D eigenvalue weighted by molar-refractivity contribution is 5.51. The molecule has 2 heterocycles. The van der Waals surface area contributed by atoms with Crippen molar-refractivity contribution in [1.29, 1.82) is 0 Å². The van der Waals surface area contributed by atoms with Gasteiger partial charge in [0, 0.05) is 16.8 Å². The Morgan fingerprint density at radius 3 is 2.15 bits per heavy atom. The highest BCUT2D eigenvalue weighted by Gasteiger charge is 2.18. The van der Waals surface area contributed by atoms with Crippen molar-refractivity contribution in [2.75, 3.05) is 0 Å². The van der Waals surface area contributed by atoms with Crippen LogP contribution < -0.4 is 10.6 Å². The van der Waals surface area contributed by atoms with Crippen LogP contribution in [0.1, 0.15) is 55.6 Å². The number of benzene rings is 2. The quantitative estimate of drug-likeness (QED) is 0.388. The van der Waals surface area contributed by atoms with E-state index in [1.807, 2.05) is 13.0 Å². The Labute approximate surface area is 196 Å². The Balaban J connectivity index is 1.81. The summed E-state index contributed by atoms with van der Waals surface area (Å²) in [5, 5.41) is 2.10. The predicted octanol–water partition coefficient (Wildman–Crippen LogP) is 5.47. The fourth-order valence-corrected chi connectivity index (χ4v) is 4.31. The van der Waals surface area contributed by atoms with Crippen molar-refractivity contribution < 1.29 is 0 Å². The minimum Gasteiger partial charge on any atom is -0.249 e. The average molecular weight is 434 g/mol. The Bertz CT molecular complexity index is 1310.